The van der Waals surface area contributed by atoms with Crippen molar-refractivity contribution in [3.05, 3.63) is 35.9 Å². The van der Waals surface area contributed by atoms with Gasteiger partial charge in [0.1, 0.15) is 6.04 Å². The summed E-state index contributed by atoms with van der Waals surface area (Å²) in [5.41, 5.74) is 1.02. The zero-order chi connectivity index (χ0) is 24.9. The SMILES string of the molecule is CCOC(=O)[C@H](Cc1ccccc1)NC(=O)C1CCC(C2CCC(OCCCCNC)CC2)CC1. The number of rotatable bonds is 13. The average molecular weight is 487 g/mol. The number of ether oxygens (including phenoxy) is 2. The molecule has 0 aliphatic heterocycles. The zero-order valence-corrected chi connectivity index (χ0v) is 21.8. The van der Waals surface area contributed by atoms with Gasteiger partial charge in [-0.2, -0.15) is 0 Å². The molecule has 0 heterocycles. The molecule has 1 amide bonds. The highest BCUT2D eigenvalue weighted by Gasteiger charge is 2.34. The number of unbranched alkanes of at least 4 members (excludes halogenated alkanes) is 1. The van der Waals surface area contributed by atoms with E-state index in [9.17, 15) is 9.59 Å². The first-order valence-electron chi connectivity index (χ1n) is 13.9. The van der Waals surface area contributed by atoms with Crippen molar-refractivity contribution in [1.29, 1.82) is 0 Å². The number of amides is 1. The second-order valence-electron chi connectivity index (χ2n) is 10.3. The molecule has 2 fully saturated rings. The minimum atomic E-state index is -0.629. The largest absolute Gasteiger partial charge is 0.464 e. The Morgan fingerprint density at radius 3 is 2.23 bits per heavy atom. The Morgan fingerprint density at radius 2 is 1.60 bits per heavy atom. The summed E-state index contributed by atoms with van der Waals surface area (Å²) >= 11 is 0. The highest BCUT2D eigenvalue weighted by atomic mass is 16.5. The lowest BCUT2D eigenvalue weighted by Gasteiger charge is -2.37. The van der Waals surface area contributed by atoms with E-state index in [1.54, 1.807) is 6.92 Å². The van der Waals surface area contributed by atoms with E-state index in [-0.39, 0.29) is 17.8 Å². The molecule has 2 aliphatic carbocycles. The Labute approximate surface area is 211 Å². The summed E-state index contributed by atoms with van der Waals surface area (Å²) in [6.45, 7) is 4.06. The molecule has 196 valence electrons. The summed E-state index contributed by atoms with van der Waals surface area (Å²) < 4.78 is 11.4. The number of esters is 1. The van der Waals surface area contributed by atoms with E-state index < -0.39 is 6.04 Å². The average Bonchev–Trinajstić information content (AvgIpc) is 2.89. The van der Waals surface area contributed by atoms with E-state index in [4.69, 9.17) is 9.47 Å². The van der Waals surface area contributed by atoms with Gasteiger partial charge in [-0.15, -0.1) is 0 Å². The number of hydrogen-bond donors (Lipinski definition) is 2. The van der Waals surface area contributed by atoms with Crippen LogP contribution in [-0.4, -0.2) is 50.8 Å². The third-order valence-corrected chi connectivity index (χ3v) is 7.87. The molecule has 2 saturated carbocycles. The van der Waals surface area contributed by atoms with E-state index in [0.29, 0.717) is 19.1 Å². The van der Waals surface area contributed by atoms with Crippen molar-refractivity contribution in [3.63, 3.8) is 0 Å². The molecule has 0 radical (unpaired) electrons. The van der Waals surface area contributed by atoms with E-state index in [1.807, 2.05) is 37.4 Å². The molecule has 0 saturated heterocycles. The standard InChI is InChI=1S/C29H46N2O4/c1-3-34-29(33)27(21-22-9-5-4-6-10-22)31-28(32)25-13-11-23(12-14-25)24-15-17-26(18-16-24)35-20-8-7-19-30-2/h4-6,9-10,23-27,30H,3,7-8,11-21H2,1-2H3,(H,31,32)/t23?,24?,25?,26?,27-/m0/s1. The number of benzene rings is 1. The van der Waals surface area contributed by atoms with Crippen LogP contribution in [0.15, 0.2) is 30.3 Å². The lowest BCUT2D eigenvalue weighted by molar-refractivity contribution is -0.148. The number of nitrogens with one attached hydrogen (secondary N) is 2. The fraction of sp³-hybridized carbons (Fsp3) is 0.724. The normalized spacial score (nSPS) is 25.5. The highest BCUT2D eigenvalue weighted by Crippen LogP contribution is 2.40. The summed E-state index contributed by atoms with van der Waals surface area (Å²) in [5.74, 6) is 1.15. The van der Waals surface area contributed by atoms with Crippen molar-refractivity contribution in [2.24, 2.45) is 17.8 Å². The van der Waals surface area contributed by atoms with Crippen molar-refractivity contribution < 1.29 is 19.1 Å². The summed E-state index contributed by atoms with van der Waals surface area (Å²) in [6, 6.07) is 9.18. The Hall–Kier alpha value is -1.92. The fourth-order valence-electron chi connectivity index (χ4n) is 5.81. The van der Waals surface area contributed by atoms with Crippen LogP contribution in [0.1, 0.15) is 76.7 Å². The summed E-state index contributed by atoms with van der Waals surface area (Å²) in [4.78, 5) is 25.6. The van der Waals surface area contributed by atoms with Gasteiger partial charge in [-0.3, -0.25) is 4.79 Å². The molecular weight excluding hydrogens is 440 g/mol. The molecule has 0 aromatic heterocycles. The molecule has 6 nitrogen and oxygen atoms in total. The maximum atomic E-state index is 13.1. The van der Waals surface area contributed by atoms with Crippen LogP contribution in [-0.2, 0) is 25.5 Å². The van der Waals surface area contributed by atoms with Crippen molar-refractivity contribution in [2.45, 2.75) is 89.7 Å². The molecule has 35 heavy (non-hydrogen) atoms. The maximum absolute atomic E-state index is 13.1. The number of carbonyl (C=O) groups is 2. The molecule has 1 aromatic carbocycles. The van der Waals surface area contributed by atoms with Crippen molar-refractivity contribution in [3.8, 4) is 0 Å². The quantitative estimate of drug-likeness (QED) is 0.313. The van der Waals surface area contributed by atoms with E-state index in [0.717, 1.165) is 62.7 Å². The molecule has 2 N–H and O–H groups in total. The fourth-order valence-corrected chi connectivity index (χ4v) is 5.81. The van der Waals surface area contributed by atoms with Gasteiger partial charge in [0, 0.05) is 18.9 Å². The molecule has 0 unspecified atom stereocenters. The van der Waals surface area contributed by atoms with Gasteiger partial charge in [0.15, 0.2) is 0 Å². The molecule has 1 atom stereocenters. The highest BCUT2D eigenvalue weighted by molar-refractivity contribution is 5.86. The first-order chi connectivity index (χ1) is 17.1. The monoisotopic (exact) mass is 486 g/mol. The summed E-state index contributed by atoms with van der Waals surface area (Å²) in [5, 5.41) is 6.20. The van der Waals surface area contributed by atoms with Gasteiger partial charge in [-0.25, -0.2) is 4.79 Å². The minimum Gasteiger partial charge on any atom is -0.464 e. The van der Waals surface area contributed by atoms with Crippen LogP contribution in [0, 0.1) is 17.8 Å². The lowest BCUT2D eigenvalue weighted by atomic mass is 9.70. The molecule has 0 spiro atoms. The molecule has 3 rings (SSSR count). The van der Waals surface area contributed by atoms with Crippen molar-refractivity contribution in [1.82, 2.24) is 10.6 Å². The van der Waals surface area contributed by atoms with Gasteiger partial charge >= 0.3 is 5.97 Å². The Kier molecular flexibility index (Phi) is 12.1. The lowest BCUT2D eigenvalue weighted by Crippen LogP contribution is -2.46. The predicted octanol–water partition coefficient (Wildman–Crippen LogP) is 4.66. The molecule has 2 aliphatic rings. The molecule has 6 heteroatoms. The second-order valence-corrected chi connectivity index (χ2v) is 10.3. The van der Waals surface area contributed by atoms with Gasteiger partial charge in [0.2, 0.25) is 5.91 Å². The van der Waals surface area contributed by atoms with Crippen molar-refractivity contribution in [2.75, 3.05) is 26.8 Å². The van der Waals surface area contributed by atoms with Crippen LogP contribution in [0.2, 0.25) is 0 Å². The van der Waals surface area contributed by atoms with Crippen LogP contribution >= 0.6 is 0 Å². The molecule has 0 bridgehead atoms. The Morgan fingerprint density at radius 1 is 0.943 bits per heavy atom. The number of carbonyl (C=O) groups excluding carboxylic acids is 2. The Balaban J connectivity index is 1.40. The smallest absolute Gasteiger partial charge is 0.328 e. The third kappa shape index (κ3) is 9.23. The minimum absolute atomic E-state index is 0.00349. The zero-order valence-electron chi connectivity index (χ0n) is 21.8. The van der Waals surface area contributed by atoms with Gasteiger partial charge < -0.3 is 20.1 Å². The predicted molar refractivity (Wildman–Crippen MR) is 139 cm³/mol. The van der Waals surface area contributed by atoms with Crippen LogP contribution in [0.25, 0.3) is 0 Å². The van der Waals surface area contributed by atoms with E-state index in [1.165, 1.54) is 32.1 Å². The first-order valence-corrected chi connectivity index (χ1v) is 13.9. The topological polar surface area (TPSA) is 76.7 Å². The van der Waals surface area contributed by atoms with Gasteiger partial charge in [-0.05, 0) is 102 Å². The van der Waals surface area contributed by atoms with Crippen LogP contribution in [0.5, 0.6) is 0 Å². The van der Waals surface area contributed by atoms with E-state index >= 15 is 0 Å². The van der Waals surface area contributed by atoms with Crippen LogP contribution < -0.4 is 10.6 Å². The van der Waals surface area contributed by atoms with Gasteiger partial charge in [-0.1, -0.05) is 30.3 Å². The van der Waals surface area contributed by atoms with Gasteiger partial charge in [0.25, 0.3) is 0 Å². The second kappa shape index (κ2) is 15.2. The molecule has 1 aromatic rings. The maximum Gasteiger partial charge on any atom is 0.328 e. The number of hydrogen-bond acceptors (Lipinski definition) is 5. The first kappa shape index (κ1) is 27.7. The third-order valence-electron chi connectivity index (χ3n) is 7.87. The Bertz CT molecular complexity index is 740. The summed E-state index contributed by atoms with van der Waals surface area (Å²) in [6.07, 6.45) is 12.1. The van der Waals surface area contributed by atoms with Crippen molar-refractivity contribution >= 4 is 11.9 Å². The van der Waals surface area contributed by atoms with Gasteiger partial charge in [0.05, 0.1) is 12.7 Å². The molecular formula is C29H46N2O4. The van der Waals surface area contributed by atoms with Crippen LogP contribution in [0.3, 0.4) is 0 Å². The van der Waals surface area contributed by atoms with E-state index in [2.05, 4.69) is 10.6 Å². The summed E-state index contributed by atoms with van der Waals surface area (Å²) in [7, 11) is 1.99. The van der Waals surface area contributed by atoms with Crippen LogP contribution in [0.4, 0.5) is 0 Å².